The maximum absolute atomic E-state index is 12.9. The third-order valence-corrected chi connectivity index (χ3v) is 7.58. The highest BCUT2D eigenvalue weighted by Gasteiger charge is 2.32. The third kappa shape index (κ3) is 4.84. The van der Waals surface area contributed by atoms with Gasteiger partial charge in [-0.15, -0.1) is 0 Å². The number of hydrogen-bond acceptors (Lipinski definition) is 6. The summed E-state index contributed by atoms with van der Waals surface area (Å²) >= 11 is 0. The first-order chi connectivity index (χ1) is 18.3. The monoisotopic (exact) mass is 516 g/mol. The summed E-state index contributed by atoms with van der Waals surface area (Å²) in [5, 5.41) is 9.53. The lowest BCUT2D eigenvalue weighted by Crippen LogP contribution is -2.29. The van der Waals surface area contributed by atoms with Crippen LogP contribution in [-0.4, -0.2) is 47.9 Å². The van der Waals surface area contributed by atoms with Crippen LogP contribution >= 0.6 is 0 Å². The SMILES string of the molecule is COC(=O)c1cc2c(cc1N1CC[C@H](OCc3ccccc3)C1)CC(C(C)C)n1cc(C(=O)O)c(=O)cc1-2. The van der Waals surface area contributed by atoms with E-state index in [-0.39, 0.29) is 23.6 Å². The van der Waals surface area contributed by atoms with Gasteiger partial charge in [0.25, 0.3) is 0 Å². The highest BCUT2D eigenvalue weighted by molar-refractivity contribution is 5.98. The number of methoxy groups -OCH3 is 1. The fraction of sp³-hybridized carbons (Fsp3) is 0.367. The van der Waals surface area contributed by atoms with E-state index in [1.807, 2.05) is 41.0 Å². The van der Waals surface area contributed by atoms with Crippen LogP contribution in [-0.2, 0) is 22.5 Å². The van der Waals surface area contributed by atoms with Crippen molar-refractivity contribution < 1.29 is 24.2 Å². The fourth-order valence-corrected chi connectivity index (χ4v) is 5.53. The lowest BCUT2D eigenvalue weighted by Gasteiger charge is -2.34. The number of benzene rings is 2. The van der Waals surface area contributed by atoms with E-state index in [1.165, 1.54) is 19.4 Å². The number of esters is 1. The second kappa shape index (κ2) is 10.5. The van der Waals surface area contributed by atoms with Crippen molar-refractivity contribution in [3.63, 3.8) is 0 Å². The van der Waals surface area contributed by atoms with E-state index in [0.29, 0.717) is 30.8 Å². The van der Waals surface area contributed by atoms with Crippen LogP contribution < -0.4 is 10.3 Å². The summed E-state index contributed by atoms with van der Waals surface area (Å²) in [5.41, 5.74) is 3.89. The molecule has 8 heteroatoms. The molecule has 1 unspecified atom stereocenters. The molecule has 2 aliphatic heterocycles. The minimum atomic E-state index is -1.25. The van der Waals surface area contributed by atoms with Gasteiger partial charge >= 0.3 is 11.9 Å². The molecule has 8 nitrogen and oxygen atoms in total. The molecule has 0 aliphatic carbocycles. The molecule has 1 fully saturated rings. The van der Waals surface area contributed by atoms with Gasteiger partial charge in [0.15, 0.2) is 5.43 Å². The molecule has 3 aromatic rings. The van der Waals surface area contributed by atoms with Gasteiger partial charge in [0.05, 0.1) is 36.8 Å². The molecular weight excluding hydrogens is 484 g/mol. The number of nitrogens with zero attached hydrogens (tertiary/aromatic N) is 2. The summed E-state index contributed by atoms with van der Waals surface area (Å²) in [7, 11) is 1.35. The third-order valence-electron chi connectivity index (χ3n) is 7.58. The average molecular weight is 517 g/mol. The molecule has 198 valence electrons. The zero-order valence-corrected chi connectivity index (χ0v) is 21.8. The smallest absolute Gasteiger partial charge is 0.341 e. The summed E-state index contributed by atoms with van der Waals surface area (Å²) in [4.78, 5) is 39.4. The van der Waals surface area contributed by atoms with Gasteiger partial charge in [-0.1, -0.05) is 44.2 Å². The van der Waals surface area contributed by atoms with Gasteiger partial charge in [0.2, 0.25) is 0 Å². The van der Waals surface area contributed by atoms with Crippen LogP contribution in [0.5, 0.6) is 0 Å². The van der Waals surface area contributed by atoms with E-state index in [0.717, 1.165) is 35.3 Å². The summed E-state index contributed by atoms with van der Waals surface area (Å²) < 4.78 is 13.2. The van der Waals surface area contributed by atoms with Gasteiger partial charge in [0, 0.05) is 37.0 Å². The number of ether oxygens (including phenoxy) is 2. The number of carbonyl (C=O) groups is 2. The molecule has 3 heterocycles. The van der Waals surface area contributed by atoms with Crippen molar-refractivity contribution in [2.75, 3.05) is 25.1 Å². The van der Waals surface area contributed by atoms with Crippen LogP contribution in [0.2, 0.25) is 0 Å². The number of carboxylic acids is 1. The first-order valence-electron chi connectivity index (χ1n) is 12.9. The molecule has 5 rings (SSSR count). The van der Waals surface area contributed by atoms with Crippen molar-refractivity contribution in [2.45, 2.75) is 45.4 Å². The lowest BCUT2D eigenvalue weighted by molar-refractivity contribution is 0.0551. The van der Waals surface area contributed by atoms with Crippen molar-refractivity contribution >= 4 is 17.6 Å². The van der Waals surface area contributed by atoms with Crippen LogP contribution in [0.25, 0.3) is 11.3 Å². The number of aromatic carboxylic acids is 1. The Morgan fingerprint density at radius 3 is 2.55 bits per heavy atom. The molecule has 0 amide bonds. The Balaban J connectivity index is 1.52. The highest BCUT2D eigenvalue weighted by Crippen LogP contribution is 2.41. The Morgan fingerprint density at radius 2 is 1.87 bits per heavy atom. The molecule has 2 atom stereocenters. The van der Waals surface area contributed by atoms with E-state index < -0.39 is 17.4 Å². The van der Waals surface area contributed by atoms with Crippen molar-refractivity contribution in [3.8, 4) is 11.3 Å². The molecule has 2 aliphatic rings. The molecular formula is C30H32N2O6. The van der Waals surface area contributed by atoms with E-state index in [1.54, 1.807) is 6.07 Å². The van der Waals surface area contributed by atoms with Gasteiger partial charge in [0.1, 0.15) is 5.56 Å². The topological polar surface area (TPSA) is 98.1 Å². The van der Waals surface area contributed by atoms with Gasteiger partial charge in [-0.05, 0) is 42.0 Å². The number of hydrogen-bond donors (Lipinski definition) is 1. The van der Waals surface area contributed by atoms with Crippen LogP contribution in [0.1, 0.15) is 58.2 Å². The number of aromatic nitrogens is 1. The molecule has 0 spiro atoms. The second-order valence-corrected chi connectivity index (χ2v) is 10.3. The first-order valence-corrected chi connectivity index (χ1v) is 12.9. The molecule has 0 radical (unpaired) electrons. The minimum Gasteiger partial charge on any atom is -0.477 e. The van der Waals surface area contributed by atoms with Gasteiger partial charge in [-0.2, -0.15) is 0 Å². The molecule has 0 bridgehead atoms. The number of carbonyl (C=O) groups excluding carboxylic acids is 1. The normalized spacial score (nSPS) is 18.3. The Morgan fingerprint density at radius 1 is 1.11 bits per heavy atom. The maximum atomic E-state index is 12.9. The summed E-state index contributed by atoms with van der Waals surface area (Å²) in [6.45, 7) is 6.09. The van der Waals surface area contributed by atoms with Gasteiger partial charge < -0.3 is 24.0 Å². The number of carboxylic acid groups (broad SMARTS) is 1. The zero-order chi connectivity index (χ0) is 27.0. The van der Waals surface area contributed by atoms with Gasteiger partial charge in [-0.3, -0.25) is 4.79 Å². The van der Waals surface area contributed by atoms with E-state index in [9.17, 15) is 19.5 Å². The van der Waals surface area contributed by atoms with Crippen molar-refractivity contribution in [3.05, 3.63) is 87.2 Å². The summed E-state index contributed by atoms with van der Waals surface area (Å²) in [5.74, 6) is -1.52. The minimum absolute atomic E-state index is 0.0337. The summed E-state index contributed by atoms with van der Waals surface area (Å²) in [6.07, 6.45) is 2.97. The number of pyridine rings is 1. The van der Waals surface area contributed by atoms with E-state index in [2.05, 4.69) is 18.7 Å². The molecule has 38 heavy (non-hydrogen) atoms. The maximum Gasteiger partial charge on any atom is 0.341 e. The standard InChI is InChI=1S/C30H32N2O6/c1-18(2)25-11-20-12-26(31-10-9-21(15-31)38-17-19-7-5-4-6-8-19)23(30(36)37-3)13-22(20)27-14-28(33)24(29(34)35)16-32(25)27/h4-8,12-14,16,18,21,25H,9-11,15,17H2,1-3H3,(H,34,35)/t21-,25?/m0/s1. The van der Waals surface area contributed by atoms with Crippen molar-refractivity contribution in [2.24, 2.45) is 5.92 Å². The van der Waals surface area contributed by atoms with Crippen molar-refractivity contribution in [1.82, 2.24) is 4.57 Å². The summed E-state index contributed by atoms with van der Waals surface area (Å²) in [6, 6.07) is 15.2. The number of rotatable bonds is 7. The predicted octanol–water partition coefficient (Wildman–Crippen LogP) is 4.55. The Hall–Kier alpha value is -3.91. The van der Waals surface area contributed by atoms with Crippen LogP contribution in [0, 0.1) is 5.92 Å². The zero-order valence-electron chi connectivity index (χ0n) is 21.8. The van der Waals surface area contributed by atoms with Gasteiger partial charge in [-0.25, -0.2) is 9.59 Å². The highest BCUT2D eigenvalue weighted by atomic mass is 16.5. The molecule has 1 saturated heterocycles. The Kier molecular flexibility index (Phi) is 7.08. The quantitative estimate of drug-likeness (QED) is 0.460. The Labute approximate surface area is 221 Å². The Bertz CT molecular complexity index is 1430. The average Bonchev–Trinajstić information content (AvgIpc) is 3.39. The lowest BCUT2D eigenvalue weighted by atomic mass is 9.86. The molecule has 1 aromatic heterocycles. The molecule has 1 N–H and O–H groups in total. The second-order valence-electron chi connectivity index (χ2n) is 10.3. The van der Waals surface area contributed by atoms with E-state index in [4.69, 9.17) is 9.47 Å². The first kappa shape index (κ1) is 25.7. The largest absolute Gasteiger partial charge is 0.477 e. The predicted molar refractivity (Wildman–Crippen MR) is 144 cm³/mol. The van der Waals surface area contributed by atoms with Crippen LogP contribution in [0.3, 0.4) is 0 Å². The fourth-order valence-electron chi connectivity index (χ4n) is 5.53. The van der Waals surface area contributed by atoms with Crippen LogP contribution in [0.15, 0.2) is 59.5 Å². The van der Waals surface area contributed by atoms with Crippen LogP contribution in [0.4, 0.5) is 5.69 Å². The number of anilines is 1. The van der Waals surface area contributed by atoms with E-state index >= 15 is 0 Å². The molecule has 0 saturated carbocycles. The number of fused-ring (bicyclic) bond motifs is 3. The van der Waals surface area contributed by atoms with Crippen molar-refractivity contribution in [1.29, 1.82) is 0 Å². The molecule has 2 aromatic carbocycles.